The molecule has 8 nitrogen and oxygen atoms in total. The van der Waals surface area contributed by atoms with Gasteiger partial charge in [0.05, 0.1) is 24.4 Å². The quantitative estimate of drug-likeness (QED) is 0.402. The van der Waals surface area contributed by atoms with E-state index in [1.165, 1.54) is 10.7 Å². The van der Waals surface area contributed by atoms with Crippen LogP contribution in [0.25, 0.3) is 33.4 Å². The summed E-state index contributed by atoms with van der Waals surface area (Å²) in [6.07, 6.45) is 0.441. The molecule has 5 N–H and O–H groups in total. The first-order chi connectivity index (χ1) is 16.4. The molecule has 1 fully saturated rings. The van der Waals surface area contributed by atoms with E-state index >= 15 is 4.39 Å². The minimum absolute atomic E-state index is 0.0515. The molecular weight excluding hydrogens is 437 g/mol. The number of carbonyl (C=O) groups excluding carboxylic acids is 1. The van der Waals surface area contributed by atoms with Crippen LogP contribution >= 0.6 is 0 Å². The molecule has 0 spiro atoms. The van der Waals surface area contributed by atoms with Crippen LogP contribution in [0.3, 0.4) is 0 Å². The predicted octanol–water partition coefficient (Wildman–Crippen LogP) is 3.68. The second-order valence-electron chi connectivity index (χ2n) is 8.32. The normalized spacial score (nSPS) is 17.5. The number of hydrogen-bond acceptors (Lipinski definition) is 6. The van der Waals surface area contributed by atoms with Gasteiger partial charge in [0.25, 0.3) is 5.91 Å². The van der Waals surface area contributed by atoms with Crippen molar-refractivity contribution in [2.45, 2.75) is 31.9 Å². The molecule has 2 aromatic heterocycles. The summed E-state index contributed by atoms with van der Waals surface area (Å²) in [5.74, 6) is -0.906. The Balaban J connectivity index is 1.72. The number of fused-ring (bicyclic) bond motifs is 1. The van der Waals surface area contributed by atoms with Crippen molar-refractivity contribution >= 4 is 22.6 Å². The predicted molar refractivity (Wildman–Crippen MR) is 127 cm³/mol. The number of pyridine rings is 1. The molecule has 9 heteroatoms. The van der Waals surface area contributed by atoms with E-state index in [1.54, 1.807) is 12.1 Å². The van der Waals surface area contributed by atoms with Gasteiger partial charge in [-0.3, -0.25) is 4.79 Å². The van der Waals surface area contributed by atoms with E-state index < -0.39 is 17.8 Å². The van der Waals surface area contributed by atoms with Gasteiger partial charge >= 0.3 is 0 Å². The third-order valence-corrected chi connectivity index (χ3v) is 6.13. The van der Waals surface area contributed by atoms with Gasteiger partial charge in [0.2, 0.25) is 0 Å². The molecule has 1 saturated carbocycles. The number of benzene rings is 2. The first kappa shape index (κ1) is 21.8. The minimum Gasteiger partial charge on any atom is -0.493 e. The van der Waals surface area contributed by atoms with E-state index in [9.17, 15) is 9.90 Å². The van der Waals surface area contributed by atoms with Crippen LogP contribution in [-0.4, -0.2) is 38.5 Å². The van der Waals surface area contributed by atoms with Crippen molar-refractivity contribution in [3.05, 3.63) is 59.9 Å². The van der Waals surface area contributed by atoms with Gasteiger partial charge in [0, 0.05) is 22.6 Å². The first-order valence-electron chi connectivity index (χ1n) is 11.1. The summed E-state index contributed by atoms with van der Waals surface area (Å²) < 4.78 is 23.3. The average Bonchev–Trinajstić information content (AvgIpc) is 3.14. The largest absolute Gasteiger partial charge is 0.493 e. The van der Waals surface area contributed by atoms with Crippen molar-refractivity contribution in [2.75, 3.05) is 12.3 Å². The molecule has 0 aliphatic heterocycles. The number of hydrogen-bond donors (Lipinski definition) is 3. The molecule has 1 amide bonds. The smallest absolute Gasteiger partial charge is 0.254 e. The molecule has 1 aliphatic rings. The van der Waals surface area contributed by atoms with Crippen molar-refractivity contribution < 1.29 is 19.0 Å². The fourth-order valence-electron chi connectivity index (χ4n) is 4.36. The Morgan fingerprint density at radius 2 is 1.97 bits per heavy atom. The van der Waals surface area contributed by atoms with Gasteiger partial charge in [-0.1, -0.05) is 30.3 Å². The maximum absolute atomic E-state index is 16.0. The van der Waals surface area contributed by atoms with Gasteiger partial charge in [-0.15, -0.1) is 0 Å². The number of carbonyl (C=O) groups is 1. The number of halogens is 1. The molecule has 5 rings (SSSR count). The number of amides is 1. The number of nitrogens with zero attached hydrogens (tertiary/aromatic N) is 3. The summed E-state index contributed by atoms with van der Waals surface area (Å²) in [6, 6.07) is 14.2. The molecule has 2 aromatic carbocycles. The molecule has 2 heterocycles. The molecule has 0 unspecified atom stereocenters. The fraction of sp³-hybridized carbons (Fsp3) is 0.240. The van der Waals surface area contributed by atoms with E-state index in [2.05, 4.69) is 10.1 Å². The highest BCUT2D eigenvalue weighted by molar-refractivity contribution is 6.04. The third-order valence-electron chi connectivity index (χ3n) is 6.13. The van der Waals surface area contributed by atoms with Crippen LogP contribution in [0.15, 0.2) is 48.5 Å². The maximum Gasteiger partial charge on any atom is 0.254 e. The molecule has 0 radical (unpaired) electrons. The molecule has 0 bridgehead atoms. The Bertz CT molecular complexity index is 1400. The standard InChI is InChI=1S/C25H24FN5O3/c1-2-34-19-12-18(13-6-4-3-5-7-13)29-23-16(19)8-9-17(21(23)26)22-20(25(28)33)24(27)31(30-22)14-10-15(32)11-14/h3-9,12,14-15,32H,2,10-11,27H2,1H3,(H2,28,33). The second kappa shape index (κ2) is 8.42. The van der Waals surface area contributed by atoms with Gasteiger partial charge in [-0.25, -0.2) is 14.1 Å². The van der Waals surface area contributed by atoms with Crippen LogP contribution in [0.5, 0.6) is 5.75 Å². The molecule has 0 saturated heterocycles. The minimum atomic E-state index is -0.806. The second-order valence-corrected chi connectivity index (χ2v) is 8.32. The first-order valence-corrected chi connectivity index (χ1v) is 11.1. The SMILES string of the molecule is CCOc1cc(-c2ccccc2)nc2c(F)c(-c3nn(C4CC(O)C4)c(N)c3C(N)=O)ccc12. The van der Waals surface area contributed by atoms with Gasteiger partial charge < -0.3 is 21.3 Å². The van der Waals surface area contributed by atoms with Crippen LogP contribution in [0.2, 0.25) is 0 Å². The zero-order valence-corrected chi connectivity index (χ0v) is 18.5. The summed E-state index contributed by atoms with van der Waals surface area (Å²) in [4.78, 5) is 16.8. The Labute approximate surface area is 195 Å². The van der Waals surface area contributed by atoms with Crippen molar-refractivity contribution in [1.29, 1.82) is 0 Å². The monoisotopic (exact) mass is 461 g/mol. The number of aromatic nitrogens is 3. The van der Waals surface area contributed by atoms with E-state index in [4.69, 9.17) is 16.2 Å². The van der Waals surface area contributed by atoms with Crippen LogP contribution in [-0.2, 0) is 0 Å². The number of nitrogens with two attached hydrogens (primary N) is 2. The van der Waals surface area contributed by atoms with Crippen LogP contribution < -0.4 is 16.2 Å². The van der Waals surface area contributed by atoms with Crippen molar-refractivity contribution in [3.8, 4) is 28.3 Å². The maximum atomic E-state index is 16.0. The number of rotatable bonds is 6. The third kappa shape index (κ3) is 3.54. The van der Waals surface area contributed by atoms with E-state index in [1.807, 2.05) is 37.3 Å². The van der Waals surface area contributed by atoms with Gasteiger partial charge in [-0.05, 0) is 31.9 Å². The lowest BCUT2D eigenvalue weighted by molar-refractivity contribution is 0.0445. The lowest BCUT2D eigenvalue weighted by atomic mass is 9.90. The average molecular weight is 461 g/mol. The van der Waals surface area contributed by atoms with Gasteiger partial charge in [-0.2, -0.15) is 5.10 Å². The van der Waals surface area contributed by atoms with Crippen molar-refractivity contribution in [1.82, 2.24) is 14.8 Å². The molecular formula is C25H24FN5O3. The molecule has 174 valence electrons. The molecule has 34 heavy (non-hydrogen) atoms. The van der Waals surface area contributed by atoms with Gasteiger partial charge in [0.1, 0.15) is 28.3 Å². The summed E-state index contributed by atoms with van der Waals surface area (Å²) >= 11 is 0. The topological polar surface area (TPSA) is 129 Å². The van der Waals surface area contributed by atoms with E-state index in [-0.39, 0.29) is 34.2 Å². The number of aliphatic hydroxyl groups is 1. The highest BCUT2D eigenvalue weighted by Crippen LogP contribution is 2.40. The lowest BCUT2D eigenvalue weighted by Crippen LogP contribution is -2.32. The highest BCUT2D eigenvalue weighted by Gasteiger charge is 2.34. The Morgan fingerprint density at radius 3 is 2.62 bits per heavy atom. The number of aliphatic hydroxyl groups excluding tert-OH is 1. The Morgan fingerprint density at radius 1 is 1.24 bits per heavy atom. The van der Waals surface area contributed by atoms with Crippen LogP contribution in [0.4, 0.5) is 10.2 Å². The van der Waals surface area contributed by atoms with Crippen molar-refractivity contribution in [3.63, 3.8) is 0 Å². The zero-order valence-electron chi connectivity index (χ0n) is 18.5. The molecule has 4 aromatic rings. The fourth-order valence-corrected chi connectivity index (χ4v) is 4.36. The van der Waals surface area contributed by atoms with Crippen LogP contribution in [0.1, 0.15) is 36.2 Å². The Kier molecular flexibility index (Phi) is 5.41. The van der Waals surface area contributed by atoms with E-state index in [0.29, 0.717) is 36.3 Å². The van der Waals surface area contributed by atoms with Gasteiger partial charge in [0.15, 0.2) is 5.82 Å². The van der Waals surface area contributed by atoms with Crippen LogP contribution in [0, 0.1) is 5.82 Å². The lowest BCUT2D eigenvalue weighted by Gasteiger charge is -2.32. The summed E-state index contributed by atoms with van der Waals surface area (Å²) in [5, 5.41) is 14.6. The molecule has 0 atom stereocenters. The number of nitrogen functional groups attached to an aromatic ring is 1. The zero-order chi connectivity index (χ0) is 24.0. The summed E-state index contributed by atoms with van der Waals surface area (Å²) in [5.41, 5.74) is 13.3. The highest BCUT2D eigenvalue weighted by atomic mass is 19.1. The number of anilines is 1. The van der Waals surface area contributed by atoms with E-state index in [0.717, 1.165) is 5.56 Å². The summed E-state index contributed by atoms with van der Waals surface area (Å²) in [6.45, 7) is 2.25. The Hall–Kier alpha value is -3.98. The number of ether oxygens (including phenoxy) is 1. The number of primary amides is 1. The van der Waals surface area contributed by atoms with Crippen molar-refractivity contribution in [2.24, 2.45) is 5.73 Å². The summed E-state index contributed by atoms with van der Waals surface area (Å²) in [7, 11) is 0. The molecule has 1 aliphatic carbocycles.